The molecule has 0 unspecified atom stereocenters. The highest BCUT2D eigenvalue weighted by Crippen LogP contribution is 2.30. The van der Waals surface area contributed by atoms with Crippen LogP contribution in [-0.4, -0.2) is 17.2 Å². The summed E-state index contributed by atoms with van der Waals surface area (Å²) in [6.45, 7) is 1.93. The lowest BCUT2D eigenvalue weighted by atomic mass is 10.0. The summed E-state index contributed by atoms with van der Waals surface area (Å²) in [5, 5.41) is 19.6. The predicted molar refractivity (Wildman–Crippen MR) is 87.7 cm³/mol. The van der Waals surface area contributed by atoms with Gasteiger partial charge in [0.25, 0.3) is 0 Å². The van der Waals surface area contributed by atoms with Crippen molar-refractivity contribution >= 4 is 10.9 Å². The van der Waals surface area contributed by atoms with Crippen LogP contribution in [0.5, 0.6) is 11.5 Å². The molecule has 0 aliphatic heterocycles. The van der Waals surface area contributed by atoms with Crippen molar-refractivity contribution < 1.29 is 9.84 Å². The van der Waals surface area contributed by atoms with Gasteiger partial charge in [-0.05, 0) is 19.1 Å². The number of fused-ring (bicyclic) bond motifs is 1. The third-order valence-corrected chi connectivity index (χ3v) is 3.72. The lowest BCUT2D eigenvalue weighted by molar-refractivity contribution is 0.414. The van der Waals surface area contributed by atoms with Crippen LogP contribution in [0.3, 0.4) is 0 Å². The lowest BCUT2D eigenvalue weighted by Crippen LogP contribution is -2.06. The fourth-order valence-corrected chi connectivity index (χ4v) is 2.57. The number of rotatable bonds is 2. The van der Waals surface area contributed by atoms with Gasteiger partial charge in [-0.15, -0.1) is 0 Å². The second-order valence-electron chi connectivity index (χ2n) is 5.26. The Morgan fingerprint density at radius 2 is 2.04 bits per heavy atom. The normalized spacial score (nSPS) is 10.5. The SMILES string of the molecule is COc1cc2[nH]c(-c3cccc(C)c3)c(O)c(=O)c2cc1C#N. The zero-order chi connectivity index (χ0) is 16.6. The van der Waals surface area contributed by atoms with Gasteiger partial charge in [-0.3, -0.25) is 4.79 Å². The standard InChI is InChI=1S/C18H14N2O3/c1-10-4-3-5-11(6-10)16-18(22)17(21)13-7-12(9-19)15(23-2)8-14(13)20-16/h3-8,22H,1-2H3,(H,20,21). The number of aromatic nitrogens is 1. The van der Waals surface area contributed by atoms with Gasteiger partial charge in [-0.25, -0.2) is 0 Å². The van der Waals surface area contributed by atoms with E-state index in [1.807, 2.05) is 37.3 Å². The van der Waals surface area contributed by atoms with Crippen molar-refractivity contribution in [1.29, 1.82) is 5.26 Å². The number of nitrogens with one attached hydrogen (secondary N) is 1. The Balaban J connectivity index is 2.37. The third-order valence-electron chi connectivity index (χ3n) is 3.72. The molecular weight excluding hydrogens is 292 g/mol. The molecule has 2 N–H and O–H groups in total. The van der Waals surface area contributed by atoms with Crippen molar-refractivity contribution in [2.75, 3.05) is 7.11 Å². The Labute approximate surface area is 132 Å². The number of hydrogen-bond acceptors (Lipinski definition) is 4. The highest BCUT2D eigenvalue weighted by Gasteiger charge is 2.15. The molecule has 0 aliphatic carbocycles. The van der Waals surface area contributed by atoms with E-state index in [0.29, 0.717) is 22.5 Å². The van der Waals surface area contributed by atoms with E-state index in [2.05, 4.69) is 4.98 Å². The molecule has 0 saturated heterocycles. The highest BCUT2D eigenvalue weighted by molar-refractivity contribution is 5.87. The van der Waals surface area contributed by atoms with Crippen molar-refractivity contribution in [3.05, 3.63) is 57.7 Å². The molecule has 5 nitrogen and oxygen atoms in total. The number of methoxy groups -OCH3 is 1. The van der Waals surface area contributed by atoms with Crippen molar-refractivity contribution in [2.24, 2.45) is 0 Å². The van der Waals surface area contributed by atoms with Gasteiger partial charge in [0.05, 0.1) is 29.3 Å². The van der Waals surface area contributed by atoms with Crippen molar-refractivity contribution in [3.8, 4) is 28.8 Å². The number of aromatic hydroxyl groups is 1. The molecule has 0 spiro atoms. The van der Waals surface area contributed by atoms with Crippen LogP contribution in [-0.2, 0) is 0 Å². The van der Waals surface area contributed by atoms with E-state index in [1.54, 1.807) is 6.07 Å². The number of aryl methyl sites for hydroxylation is 1. The molecule has 114 valence electrons. The molecule has 3 rings (SSSR count). The zero-order valence-corrected chi connectivity index (χ0v) is 12.7. The second kappa shape index (κ2) is 5.50. The quantitative estimate of drug-likeness (QED) is 0.761. The summed E-state index contributed by atoms with van der Waals surface area (Å²) in [6.07, 6.45) is 0. The van der Waals surface area contributed by atoms with Crippen molar-refractivity contribution in [1.82, 2.24) is 4.98 Å². The van der Waals surface area contributed by atoms with Crippen LogP contribution in [0.4, 0.5) is 0 Å². The van der Waals surface area contributed by atoms with Gasteiger partial charge >= 0.3 is 0 Å². The molecule has 0 amide bonds. The zero-order valence-electron chi connectivity index (χ0n) is 12.7. The molecule has 0 aliphatic rings. The summed E-state index contributed by atoms with van der Waals surface area (Å²) in [5.41, 5.74) is 2.30. The van der Waals surface area contributed by atoms with Gasteiger partial charge in [0.1, 0.15) is 11.8 Å². The molecule has 0 atom stereocenters. The maximum Gasteiger partial charge on any atom is 0.231 e. The average molecular weight is 306 g/mol. The molecule has 0 bridgehead atoms. The topological polar surface area (TPSA) is 86.1 Å². The van der Waals surface area contributed by atoms with Gasteiger partial charge in [0.2, 0.25) is 5.43 Å². The Morgan fingerprint density at radius 3 is 2.70 bits per heavy atom. The maximum absolute atomic E-state index is 12.5. The summed E-state index contributed by atoms with van der Waals surface area (Å²) < 4.78 is 5.17. The smallest absolute Gasteiger partial charge is 0.231 e. The van der Waals surface area contributed by atoms with Crippen molar-refractivity contribution in [2.45, 2.75) is 6.92 Å². The molecule has 0 radical (unpaired) electrons. The average Bonchev–Trinajstić information content (AvgIpc) is 2.57. The van der Waals surface area contributed by atoms with Crippen LogP contribution in [0.2, 0.25) is 0 Å². The highest BCUT2D eigenvalue weighted by atomic mass is 16.5. The Hall–Kier alpha value is -3.26. The Bertz CT molecular complexity index is 1010. The van der Waals surface area contributed by atoms with E-state index < -0.39 is 5.43 Å². The van der Waals surface area contributed by atoms with E-state index in [4.69, 9.17) is 10.00 Å². The first kappa shape index (κ1) is 14.7. The van der Waals surface area contributed by atoms with Crippen LogP contribution < -0.4 is 10.2 Å². The van der Waals surface area contributed by atoms with Crippen LogP contribution in [0.15, 0.2) is 41.2 Å². The fraction of sp³-hybridized carbons (Fsp3) is 0.111. The number of pyridine rings is 1. The molecule has 23 heavy (non-hydrogen) atoms. The maximum atomic E-state index is 12.5. The molecular formula is C18H14N2O3. The Morgan fingerprint density at radius 1 is 1.26 bits per heavy atom. The van der Waals surface area contributed by atoms with Crippen LogP contribution >= 0.6 is 0 Å². The number of aromatic amines is 1. The number of nitriles is 1. The van der Waals surface area contributed by atoms with E-state index >= 15 is 0 Å². The lowest BCUT2D eigenvalue weighted by Gasteiger charge is -2.10. The minimum atomic E-state index is -0.519. The fourth-order valence-electron chi connectivity index (χ4n) is 2.57. The number of nitrogens with zero attached hydrogens (tertiary/aromatic N) is 1. The second-order valence-corrected chi connectivity index (χ2v) is 5.26. The number of ether oxygens (including phenoxy) is 1. The summed E-state index contributed by atoms with van der Waals surface area (Å²) >= 11 is 0. The molecule has 3 aromatic rings. The monoisotopic (exact) mass is 306 g/mol. The molecule has 5 heteroatoms. The number of benzene rings is 2. The summed E-state index contributed by atoms with van der Waals surface area (Å²) in [6, 6.07) is 12.5. The summed E-state index contributed by atoms with van der Waals surface area (Å²) in [4.78, 5) is 15.5. The van der Waals surface area contributed by atoms with Gasteiger partial charge in [-0.2, -0.15) is 5.26 Å². The molecule has 1 heterocycles. The van der Waals surface area contributed by atoms with Gasteiger partial charge < -0.3 is 14.8 Å². The molecule has 0 saturated carbocycles. The number of H-pyrrole nitrogens is 1. The predicted octanol–water partition coefficient (Wildman–Crippen LogP) is 3.09. The largest absolute Gasteiger partial charge is 0.503 e. The minimum Gasteiger partial charge on any atom is -0.503 e. The molecule has 0 fully saturated rings. The van der Waals surface area contributed by atoms with Gasteiger partial charge in [0.15, 0.2) is 5.75 Å². The summed E-state index contributed by atoms with van der Waals surface area (Å²) in [5.74, 6) is 0.00805. The van der Waals surface area contributed by atoms with E-state index in [-0.39, 0.29) is 16.7 Å². The Kier molecular flexibility index (Phi) is 3.51. The minimum absolute atomic E-state index is 0.244. The van der Waals surface area contributed by atoms with Gasteiger partial charge in [0, 0.05) is 11.6 Å². The first-order valence-electron chi connectivity index (χ1n) is 6.99. The van der Waals surface area contributed by atoms with E-state index in [1.165, 1.54) is 13.2 Å². The van der Waals surface area contributed by atoms with Crippen molar-refractivity contribution in [3.63, 3.8) is 0 Å². The van der Waals surface area contributed by atoms with Crippen LogP contribution in [0.1, 0.15) is 11.1 Å². The first-order valence-corrected chi connectivity index (χ1v) is 6.99. The van der Waals surface area contributed by atoms with Gasteiger partial charge in [-0.1, -0.05) is 23.8 Å². The molecule has 2 aromatic carbocycles. The third kappa shape index (κ3) is 2.40. The summed E-state index contributed by atoms with van der Waals surface area (Å²) in [7, 11) is 1.46. The molecule has 1 aromatic heterocycles. The van der Waals surface area contributed by atoms with E-state index in [9.17, 15) is 9.90 Å². The van der Waals surface area contributed by atoms with Crippen LogP contribution in [0, 0.1) is 18.3 Å². The number of hydrogen-bond donors (Lipinski definition) is 2. The first-order chi connectivity index (χ1) is 11.0. The van der Waals surface area contributed by atoms with E-state index in [0.717, 1.165) is 5.56 Å². The van der Waals surface area contributed by atoms with Crippen LogP contribution in [0.25, 0.3) is 22.2 Å².